The average Bonchev–Trinajstić information content (AvgIpc) is 2.49. The molecular formula is C18H28F3NOSSi. The lowest BCUT2D eigenvalue weighted by Gasteiger charge is -2.35. The number of hydrogen-bond acceptors (Lipinski definition) is 3. The Bertz CT molecular complexity index is 537. The van der Waals surface area contributed by atoms with Crippen LogP contribution in [-0.2, 0) is 4.43 Å². The summed E-state index contributed by atoms with van der Waals surface area (Å²) in [7, 11) is -1.19. The SMILES string of the molecule is C[SiH](OC1CCC(Nc2ccc(SC(F)(F)F)cc2)CC1)C(C)(C)C. The molecule has 7 heteroatoms. The minimum atomic E-state index is -4.24. The highest BCUT2D eigenvalue weighted by molar-refractivity contribution is 8.00. The average molecular weight is 392 g/mol. The fraction of sp³-hybridized carbons (Fsp3) is 0.667. The van der Waals surface area contributed by atoms with Crippen molar-refractivity contribution in [2.45, 2.75) is 80.6 Å². The van der Waals surface area contributed by atoms with Crippen LogP contribution in [0.15, 0.2) is 29.2 Å². The first-order valence-electron chi connectivity index (χ1n) is 8.81. The van der Waals surface area contributed by atoms with Crippen LogP contribution in [-0.4, -0.2) is 26.7 Å². The molecule has 0 aromatic heterocycles. The van der Waals surface area contributed by atoms with E-state index in [1.807, 2.05) is 0 Å². The van der Waals surface area contributed by atoms with Crippen molar-refractivity contribution in [2.75, 3.05) is 5.32 Å². The van der Waals surface area contributed by atoms with Crippen molar-refractivity contribution in [1.82, 2.24) is 0 Å². The van der Waals surface area contributed by atoms with Gasteiger partial charge in [-0.15, -0.1) is 0 Å². The molecule has 0 spiro atoms. The molecule has 0 bridgehead atoms. The largest absolute Gasteiger partial charge is 0.446 e. The summed E-state index contributed by atoms with van der Waals surface area (Å²) >= 11 is -0.0771. The van der Waals surface area contributed by atoms with E-state index in [4.69, 9.17) is 4.43 Å². The van der Waals surface area contributed by atoms with Crippen LogP contribution >= 0.6 is 11.8 Å². The number of thioether (sulfide) groups is 1. The maximum atomic E-state index is 12.4. The number of anilines is 1. The van der Waals surface area contributed by atoms with Crippen molar-refractivity contribution in [2.24, 2.45) is 0 Å². The van der Waals surface area contributed by atoms with Gasteiger partial charge in [0, 0.05) is 22.7 Å². The van der Waals surface area contributed by atoms with Gasteiger partial charge >= 0.3 is 5.51 Å². The molecular weight excluding hydrogens is 363 g/mol. The molecule has 1 N–H and O–H groups in total. The van der Waals surface area contributed by atoms with E-state index in [0.29, 0.717) is 12.1 Å². The molecule has 2 rings (SSSR count). The highest BCUT2D eigenvalue weighted by atomic mass is 32.2. The Morgan fingerprint density at radius 1 is 1.04 bits per heavy atom. The lowest BCUT2D eigenvalue weighted by atomic mass is 9.93. The summed E-state index contributed by atoms with van der Waals surface area (Å²) in [6.45, 7) is 9.01. The first-order chi connectivity index (χ1) is 11.5. The summed E-state index contributed by atoms with van der Waals surface area (Å²) in [5.74, 6) is 0. The molecule has 1 aliphatic rings. The molecule has 0 saturated heterocycles. The van der Waals surface area contributed by atoms with Crippen molar-refractivity contribution in [1.29, 1.82) is 0 Å². The van der Waals surface area contributed by atoms with Crippen molar-refractivity contribution in [3.63, 3.8) is 0 Å². The van der Waals surface area contributed by atoms with Crippen LogP contribution in [0, 0.1) is 0 Å². The van der Waals surface area contributed by atoms with Crippen molar-refractivity contribution >= 4 is 26.5 Å². The van der Waals surface area contributed by atoms with Gasteiger partial charge in [0.15, 0.2) is 9.04 Å². The molecule has 0 heterocycles. The topological polar surface area (TPSA) is 21.3 Å². The minimum absolute atomic E-state index is 0.0771. The molecule has 1 unspecified atom stereocenters. The third-order valence-electron chi connectivity index (χ3n) is 4.75. The Morgan fingerprint density at radius 2 is 1.60 bits per heavy atom. The van der Waals surface area contributed by atoms with E-state index in [-0.39, 0.29) is 21.7 Å². The van der Waals surface area contributed by atoms with E-state index in [1.54, 1.807) is 12.1 Å². The molecule has 2 nitrogen and oxygen atoms in total. The maximum Gasteiger partial charge on any atom is 0.446 e. The highest BCUT2D eigenvalue weighted by Gasteiger charge is 2.30. The first kappa shape index (κ1) is 20.6. The predicted molar refractivity (Wildman–Crippen MR) is 102 cm³/mol. The third kappa shape index (κ3) is 7.23. The van der Waals surface area contributed by atoms with Gasteiger partial charge in [-0.3, -0.25) is 0 Å². The molecule has 0 amide bonds. The summed E-state index contributed by atoms with van der Waals surface area (Å²) in [4.78, 5) is 0.219. The maximum absolute atomic E-state index is 12.4. The molecule has 1 saturated carbocycles. The fourth-order valence-electron chi connectivity index (χ4n) is 2.82. The molecule has 1 aromatic rings. The summed E-state index contributed by atoms with van der Waals surface area (Å²) in [5.41, 5.74) is -3.35. The summed E-state index contributed by atoms with van der Waals surface area (Å²) in [6.07, 6.45) is 4.54. The molecule has 0 radical (unpaired) electrons. The highest BCUT2D eigenvalue weighted by Crippen LogP contribution is 2.37. The number of rotatable bonds is 5. The second kappa shape index (κ2) is 8.35. The van der Waals surface area contributed by atoms with Gasteiger partial charge in [0.05, 0.1) is 0 Å². The predicted octanol–water partition coefficient (Wildman–Crippen LogP) is 6.19. The zero-order valence-corrected chi connectivity index (χ0v) is 17.3. The number of nitrogens with one attached hydrogen (secondary N) is 1. The number of hydrogen-bond donors (Lipinski definition) is 1. The van der Waals surface area contributed by atoms with Crippen LogP contribution in [0.3, 0.4) is 0 Å². The van der Waals surface area contributed by atoms with E-state index >= 15 is 0 Å². The Balaban J connectivity index is 1.78. The number of alkyl halides is 3. The number of halogens is 3. The van der Waals surface area contributed by atoms with Crippen LogP contribution in [0.5, 0.6) is 0 Å². The minimum Gasteiger partial charge on any atom is -0.417 e. The first-order valence-corrected chi connectivity index (χ1v) is 11.8. The van der Waals surface area contributed by atoms with Gasteiger partial charge in [-0.1, -0.05) is 20.8 Å². The Labute approximate surface area is 154 Å². The normalized spacial score (nSPS) is 23.3. The van der Waals surface area contributed by atoms with E-state index in [2.05, 4.69) is 32.6 Å². The molecule has 142 valence electrons. The zero-order valence-electron chi connectivity index (χ0n) is 15.3. The lowest BCUT2D eigenvalue weighted by molar-refractivity contribution is -0.0328. The molecule has 25 heavy (non-hydrogen) atoms. The second-order valence-corrected chi connectivity index (χ2v) is 12.3. The Hall–Kier alpha value is -0.663. The van der Waals surface area contributed by atoms with Gasteiger partial charge in [0.2, 0.25) is 0 Å². The number of benzene rings is 1. The lowest BCUT2D eigenvalue weighted by Crippen LogP contribution is -2.35. The van der Waals surface area contributed by atoms with Gasteiger partial charge in [0.1, 0.15) is 0 Å². The second-order valence-electron chi connectivity index (χ2n) is 7.83. The molecule has 1 aliphatic carbocycles. The summed E-state index contributed by atoms with van der Waals surface area (Å²) < 4.78 is 43.4. The van der Waals surface area contributed by atoms with Gasteiger partial charge < -0.3 is 9.74 Å². The van der Waals surface area contributed by atoms with Crippen LogP contribution in [0.25, 0.3) is 0 Å². The van der Waals surface area contributed by atoms with Crippen molar-refractivity contribution in [3.8, 4) is 0 Å². The van der Waals surface area contributed by atoms with Crippen LogP contribution < -0.4 is 5.32 Å². The third-order valence-corrected chi connectivity index (χ3v) is 8.72. The monoisotopic (exact) mass is 391 g/mol. The molecule has 1 fully saturated rings. The molecule has 0 aliphatic heterocycles. The Morgan fingerprint density at radius 3 is 2.08 bits per heavy atom. The van der Waals surface area contributed by atoms with Gasteiger partial charge in [-0.05, 0) is 73.3 Å². The van der Waals surface area contributed by atoms with Crippen LogP contribution in [0.2, 0.25) is 11.6 Å². The smallest absolute Gasteiger partial charge is 0.417 e. The summed E-state index contributed by atoms with van der Waals surface area (Å²) in [5, 5.41) is 3.72. The van der Waals surface area contributed by atoms with Gasteiger partial charge in [-0.25, -0.2) is 0 Å². The van der Waals surface area contributed by atoms with Crippen molar-refractivity contribution in [3.05, 3.63) is 24.3 Å². The van der Waals surface area contributed by atoms with E-state index in [9.17, 15) is 13.2 Å². The van der Waals surface area contributed by atoms with E-state index in [1.165, 1.54) is 12.1 Å². The van der Waals surface area contributed by atoms with Crippen LogP contribution in [0.1, 0.15) is 46.5 Å². The van der Waals surface area contributed by atoms with E-state index < -0.39 is 14.5 Å². The zero-order chi connectivity index (χ0) is 18.7. The van der Waals surface area contributed by atoms with Crippen LogP contribution in [0.4, 0.5) is 18.9 Å². The van der Waals surface area contributed by atoms with Gasteiger partial charge in [-0.2, -0.15) is 13.2 Å². The standard InChI is InChI=1S/C18H28F3NOSSi/c1-17(2,3)25(4)23-15-9-5-13(6-10-15)22-14-7-11-16(12-8-14)24-18(19,20)21/h7-8,11-13,15,22,25H,5-6,9-10H2,1-4H3. The van der Waals surface area contributed by atoms with Crippen molar-refractivity contribution < 1.29 is 17.6 Å². The Kier molecular flexibility index (Phi) is 6.90. The molecule has 1 aromatic carbocycles. The van der Waals surface area contributed by atoms with Gasteiger partial charge in [0.25, 0.3) is 0 Å². The molecule has 1 atom stereocenters. The summed E-state index contributed by atoms with van der Waals surface area (Å²) in [6, 6.07) is 6.86. The van der Waals surface area contributed by atoms with E-state index in [0.717, 1.165) is 31.4 Å². The quantitative estimate of drug-likeness (QED) is 0.477. The fourth-order valence-corrected chi connectivity index (χ4v) is 4.62.